The van der Waals surface area contributed by atoms with Crippen LogP contribution in [0.3, 0.4) is 0 Å². The molecular formula is C19H22ClN3O3. The molecule has 1 saturated heterocycles. The van der Waals surface area contributed by atoms with E-state index in [0.717, 1.165) is 16.3 Å². The number of hydrogen-bond acceptors (Lipinski definition) is 4. The third-order valence-corrected chi connectivity index (χ3v) is 4.95. The Morgan fingerprint density at radius 3 is 2.77 bits per heavy atom. The number of hydrogen-bond donors (Lipinski definition) is 2. The summed E-state index contributed by atoms with van der Waals surface area (Å²) in [5.41, 5.74) is -1.20. The SMILES string of the molecule is CC(C)(C)OC(=O)N[C@]1(C(Cl)c2ccc3ccncc3c2)CCNC1=O. The van der Waals surface area contributed by atoms with E-state index in [4.69, 9.17) is 16.3 Å². The van der Waals surface area contributed by atoms with Crippen molar-refractivity contribution >= 4 is 34.4 Å². The lowest BCUT2D eigenvalue weighted by molar-refractivity contribution is -0.124. The maximum absolute atomic E-state index is 12.6. The van der Waals surface area contributed by atoms with E-state index in [-0.39, 0.29) is 5.91 Å². The zero-order valence-electron chi connectivity index (χ0n) is 15.0. The van der Waals surface area contributed by atoms with Crippen LogP contribution >= 0.6 is 11.6 Å². The van der Waals surface area contributed by atoms with Gasteiger partial charge in [0.15, 0.2) is 0 Å². The fourth-order valence-electron chi connectivity index (χ4n) is 3.10. The first-order chi connectivity index (χ1) is 12.2. The summed E-state index contributed by atoms with van der Waals surface area (Å²) in [5.74, 6) is -0.311. The van der Waals surface area contributed by atoms with Crippen LogP contribution in [0.1, 0.15) is 38.1 Å². The maximum atomic E-state index is 12.6. The van der Waals surface area contributed by atoms with E-state index in [9.17, 15) is 9.59 Å². The second-order valence-corrected chi connectivity index (χ2v) is 7.89. The number of aromatic nitrogens is 1. The molecule has 2 heterocycles. The highest BCUT2D eigenvalue weighted by Crippen LogP contribution is 2.38. The van der Waals surface area contributed by atoms with Crippen LogP contribution in [0.4, 0.5) is 4.79 Å². The van der Waals surface area contributed by atoms with Gasteiger partial charge in [-0.1, -0.05) is 12.1 Å². The Kier molecular flexibility index (Phi) is 4.80. The summed E-state index contributed by atoms with van der Waals surface area (Å²) in [4.78, 5) is 29.0. The Labute approximate surface area is 157 Å². The van der Waals surface area contributed by atoms with E-state index in [1.807, 2.05) is 24.3 Å². The van der Waals surface area contributed by atoms with E-state index >= 15 is 0 Å². The molecule has 1 aromatic carbocycles. The molecule has 1 fully saturated rings. The van der Waals surface area contributed by atoms with Gasteiger partial charge in [-0.2, -0.15) is 0 Å². The Balaban J connectivity index is 1.93. The van der Waals surface area contributed by atoms with Gasteiger partial charge in [-0.15, -0.1) is 11.6 Å². The lowest BCUT2D eigenvalue weighted by Crippen LogP contribution is -2.57. The molecule has 138 valence electrons. The lowest BCUT2D eigenvalue weighted by atomic mass is 9.88. The highest BCUT2D eigenvalue weighted by atomic mass is 35.5. The number of amides is 2. The number of ether oxygens (including phenoxy) is 1. The molecule has 1 aliphatic rings. The maximum Gasteiger partial charge on any atom is 0.408 e. The molecule has 7 heteroatoms. The van der Waals surface area contributed by atoms with Crippen molar-refractivity contribution < 1.29 is 14.3 Å². The molecule has 2 atom stereocenters. The van der Waals surface area contributed by atoms with E-state index in [1.54, 1.807) is 33.2 Å². The molecular weight excluding hydrogens is 354 g/mol. The van der Waals surface area contributed by atoms with Gasteiger partial charge in [-0.3, -0.25) is 9.78 Å². The molecule has 2 aromatic rings. The highest BCUT2D eigenvalue weighted by Gasteiger charge is 2.50. The monoisotopic (exact) mass is 375 g/mol. The Morgan fingerprint density at radius 1 is 1.35 bits per heavy atom. The van der Waals surface area contributed by atoms with Gasteiger partial charge in [-0.25, -0.2) is 4.79 Å². The Morgan fingerprint density at radius 2 is 2.12 bits per heavy atom. The zero-order chi connectivity index (χ0) is 18.9. The van der Waals surface area contributed by atoms with Gasteiger partial charge in [0.1, 0.15) is 11.1 Å². The van der Waals surface area contributed by atoms with Gasteiger partial charge in [0.25, 0.3) is 0 Å². The first kappa shape index (κ1) is 18.5. The predicted octanol–water partition coefficient (Wildman–Crippen LogP) is 3.30. The van der Waals surface area contributed by atoms with Crippen LogP contribution in [0, 0.1) is 0 Å². The molecule has 1 aliphatic heterocycles. The number of rotatable bonds is 3. The molecule has 26 heavy (non-hydrogen) atoms. The van der Waals surface area contributed by atoms with Gasteiger partial charge in [0.2, 0.25) is 5.91 Å². The fourth-order valence-corrected chi connectivity index (χ4v) is 3.50. The van der Waals surface area contributed by atoms with Crippen LogP contribution < -0.4 is 10.6 Å². The van der Waals surface area contributed by atoms with E-state index in [1.165, 1.54) is 0 Å². The van der Waals surface area contributed by atoms with Crippen molar-refractivity contribution in [3.8, 4) is 0 Å². The number of halogens is 1. The number of nitrogens with zero attached hydrogens (tertiary/aromatic N) is 1. The van der Waals surface area contributed by atoms with Gasteiger partial charge in [0, 0.05) is 24.3 Å². The second-order valence-electron chi connectivity index (χ2n) is 7.45. The topological polar surface area (TPSA) is 80.3 Å². The molecule has 0 radical (unpaired) electrons. The predicted molar refractivity (Wildman–Crippen MR) is 100 cm³/mol. The smallest absolute Gasteiger partial charge is 0.408 e. The fraction of sp³-hybridized carbons (Fsp3) is 0.421. The van der Waals surface area contributed by atoms with E-state index in [2.05, 4.69) is 15.6 Å². The number of carbonyl (C=O) groups excluding carboxylic acids is 2. The normalized spacial score (nSPS) is 21.3. The number of nitrogens with one attached hydrogen (secondary N) is 2. The number of benzene rings is 1. The molecule has 0 aliphatic carbocycles. The molecule has 0 spiro atoms. The molecule has 2 N–H and O–H groups in total. The number of carbonyl (C=O) groups is 2. The molecule has 3 rings (SSSR count). The number of alkyl carbamates (subject to hydrolysis) is 1. The van der Waals surface area contributed by atoms with Gasteiger partial charge < -0.3 is 15.4 Å². The molecule has 1 aromatic heterocycles. The standard InChI is InChI=1S/C19H22ClN3O3/c1-18(2,3)26-17(25)23-19(7-9-22-16(19)24)15(20)13-5-4-12-6-8-21-11-14(12)10-13/h4-6,8,10-11,15H,7,9H2,1-3H3,(H,22,24)(H,23,25)/t15?,19-/m0/s1. The molecule has 0 bridgehead atoms. The lowest BCUT2D eigenvalue weighted by Gasteiger charge is -2.33. The Bertz CT molecular complexity index is 849. The van der Waals surface area contributed by atoms with Crippen LogP contribution in [0.2, 0.25) is 0 Å². The van der Waals surface area contributed by atoms with Crippen LogP contribution in [0.15, 0.2) is 36.7 Å². The van der Waals surface area contributed by atoms with Gasteiger partial charge in [0.05, 0.1) is 5.38 Å². The first-order valence-corrected chi connectivity index (χ1v) is 8.92. The minimum atomic E-state index is -1.26. The summed E-state index contributed by atoms with van der Waals surface area (Å²) >= 11 is 6.73. The number of pyridine rings is 1. The van der Waals surface area contributed by atoms with Crippen molar-refractivity contribution in [2.45, 2.75) is 43.7 Å². The van der Waals surface area contributed by atoms with E-state index in [0.29, 0.717) is 13.0 Å². The molecule has 2 amide bonds. The van der Waals surface area contributed by atoms with Gasteiger partial charge in [-0.05, 0) is 50.3 Å². The average molecular weight is 376 g/mol. The second kappa shape index (κ2) is 6.76. The minimum absolute atomic E-state index is 0.311. The minimum Gasteiger partial charge on any atom is -0.444 e. The molecule has 0 saturated carbocycles. The summed E-state index contributed by atoms with van der Waals surface area (Å²) in [6.45, 7) is 5.74. The highest BCUT2D eigenvalue weighted by molar-refractivity contribution is 6.24. The number of fused-ring (bicyclic) bond motifs is 1. The first-order valence-electron chi connectivity index (χ1n) is 8.48. The Hall–Kier alpha value is -2.34. The van der Waals surface area contributed by atoms with Crippen molar-refractivity contribution in [3.63, 3.8) is 0 Å². The van der Waals surface area contributed by atoms with Crippen molar-refractivity contribution in [3.05, 3.63) is 42.2 Å². The van der Waals surface area contributed by atoms with Gasteiger partial charge >= 0.3 is 6.09 Å². The van der Waals surface area contributed by atoms with Crippen LogP contribution in [-0.2, 0) is 9.53 Å². The van der Waals surface area contributed by atoms with Crippen molar-refractivity contribution in [1.82, 2.24) is 15.6 Å². The summed E-state index contributed by atoms with van der Waals surface area (Å²) in [6, 6.07) is 7.59. The average Bonchev–Trinajstić information content (AvgIpc) is 2.93. The summed E-state index contributed by atoms with van der Waals surface area (Å²) in [7, 11) is 0. The van der Waals surface area contributed by atoms with Crippen molar-refractivity contribution in [2.24, 2.45) is 0 Å². The quantitative estimate of drug-likeness (QED) is 0.806. The number of alkyl halides is 1. The van der Waals surface area contributed by atoms with Crippen LogP contribution in [0.5, 0.6) is 0 Å². The van der Waals surface area contributed by atoms with Crippen LogP contribution in [-0.4, -0.2) is 34.7 Å². The summed E-state index contributed by atoms with van der Waals surface area (Å²) in [6.07, 6.45) is 3.17. The zero-order valence-corrected chi connectivity index (χ0v) is 15.8. The largest absolute Gasteiger partial charge is 0.444 e. The third kappa shape index (κ3) is 3.60. The summed E-state index contributed by atoms with van der Waals surface area (Å²) in [5, 5.41) is 6.68. The third-order valence-electron chi connectivity index (χ3n) is 4.32. The van der Waals surface area contributed by atoms with Crippen molar-refractivity contribution in [2.75, 3.05) is 6.54 Å². The van der Waals surface area contributed by atoms with Crippen molar-refractivity contribution in [1.29, 1.82) is 0 Å². The molecule has 1 unspecified atom stereocenters. The van der Waals surface area contributed by atoms with Crippen LogP contribution in [0.25, 0.3) is 10.8 Å². The molecule has 6 nitrogen and oxygen atoms in total. The summed E-state index contributed by atoms with van der Waals surface area (Å²) < 4.78 is 5.33. The van der Waals surface area contributed by atoms with E-state index < -0.39 is 22.6 Å².